The summed E-state index contributed by atoms with van der Waals surface area (Å²) in [7, 11) is 0. The summed E-state index contributed by atoms with van der Waals surface area (Å²) in [5.74, 6) is 1.45. The maximum atomic E-state index is 12.0. The zero-order valence-corrected chi connectivity index (χ0v) is 13.1. The monoisotopic (exact) mass is 329 g/mol. The van der Waals surface area contributed by atoms with Crippen molar-refractivity contribution in [1.82, 2.24) is 5.32 Å². The molecule has 0 aliphatic heterocycles. The van der Waals surface area contributed by atoms with Gasteiger partial charge in [-0.05, 0) is 42.5 Å². The van der Waals surface area contributed by atoms with Gasteiger partial charge in [-0.1, -0.05) is 28.8 Å². The third-order valence-corrected chi connectivity index (χ3v) is 5.58. The van der Waals surface area contributed by atoms with E-state index in [4.69, 9.17) is 0 Å². The van der Waals surface area contributed by atoms with Crippen LogP contribution in [0.4, 0.5) is 0 Å². The zero-order valence-electron chi connectivity index (χ0n) is 10.7. The second-order valence-electron chi connectivity index (χ2n) is 5.14. The van der Waals surface area contributed by atoms with Gasteiger partial charge in [0, 0.05) is 17.3 Å². The van der Waals surface area contributed by atoms with Gasteiger partial charge < -0.3 is 5.32 Å². The predicted molar refractivity (Wildman–Crippen MR) is 80.6 cm³/mol. The number of hydrogen-bond donors (Lipinski definition) is 1. The number of alkyl halides is 1. The lowest BCUT2D eigenvalue weighted by atomic mass is 9.80. The fraction of sp³-hybridized carbons (Fsp3) is 0.643. The van der Waals surface area contributed by atoms with E-state index in [1.807, 2.05) is 17.7 Å². The minimum Gasteiger partial charge on any atom is -0.352 e. The molecular weight excluding hydrogens is 310 g/mol. The predicted octanol–water partition coefficient (Wildman–Crippen LogP) is 3.99. The Morgan fingerprint density at radius 3 is 2.72 bits per heavy atom. The van der Waals surface area contributed by atoms with Crippen LogP contribution in [0.3, 0.4) is 0 Å². The summed E-state index contributed by atoms with van der Waals surface area (Å²) >= 11 is 5.19. The number of rotatable bonds is 4. The smallest absolute Gasteiger partial charge is 0.252 e. The highest BCUT2D eigenvalue weighted by atomic mass is 79.9. The lowest BCUT2D eigenvalue weighted by molar-refractivity contribution is 0.0937. The zero-order chi connectivity index (χ0) is 13.0. The first kappa shape index (κ1) is 14.1. The van der Waals surface area contributed by atoms with E-state index in [1.54, 1.807) is 11.3 Å². The molecular formula is C14H20BrNOS. The molecule has 4 heteroatoms. The van der Waals surface area contributed by atoms with Gasteiger partial charge >= 0.3 is 0 Å². The number of thiophene rings is 1. The topological polar surface area (TPSA) is 29.1 Å². The van der Waals surface area contributed by atoms with Gasteiger partial charge in [0.25, 0.3) is 5.91 Å². The van der Waals surface area contributed by atoms with Crippen LogP contribution in [-0.2, 0) is 0 Å². The van der Waals surface area contributed by atoms with Crippen molar-refractivity contribution in [2.45, 2.75) is 32.6 Å². The Morgan fingerprint density at radius 2 is 2.11 bits per heavy atom. The van der Waals surface area contributed by atoms with Gasteiger partial charge in [0.05, 0.1) is 5.56 Å². The van der Waals surface area contributed by atoms with E-state index in [1.165, 1.54) is 25.7 Å². The quantitative estimate of drug-likeness (QED) is 0.831. The van der Waals surface area contributed by atoms with E-state index in [9.17, 15) is 4.79 Å². The van der Waals surface area contributed by atoms with Gasteiger partial charge in [-0.2, -0.15) is 11.3 Å². The van der Waals surface area contributed by atoms with Gasteiger partial charge in [0.2, 0.25) is 0 Å². The highest BCUT2D eigenvalue weighted by molar-refractivity contribution is 9.09. The first-order valence-corrected chi connectivity index (χ1v) is 8.65. The van der Waals surface area contributed by atoms with Gasteiger partial charge in [-0.3, -0.25) is 4.79 Å². The molecule has 1 amide bonds. The number of aryl methyl sites for hydroxylation is 1. The van der Waals surface area contributed by atoms with E-state index in [-0.39, 0.29) is 5.91 Å². The van der Waals surface area contributed by atoms with E-state index in [0.717, 1.165) is 28.9 Å². The molecule has 1 aromatic heterocycles. The maximum absolute atomic E-state index is 12.0. The third-order valence-electron chi connectivity index (χ3n) is 3.89. The molecule has 2 unspecified atom stereocenters. The average Bonchev–Trinajstić information content (AvgIpc) is 2.82. The minimum atomic E-state index is 0.0904. The summed E-state index contributed by atoms with van der Waals surface area (Å²) in [6.07, 6.45) is 5.19. The molecule has 1 aliphatic rings. The standard InChI is InChI=1S/C14H20BrNOS/c1-10-8-18-9-13(10)14(17)16-7-12-5-3-2-4-11(12)6-15/h8-9,11-12H,2-7H2,1H3,(H,16,17). The van der Waals surface area contributed by atoms with Gasteiger partial charge in [0.1, 0.15) is 0 Å². The van der Waals surface area contributed by atoms with E-state index < -0.39 is 0 Å². The first-order valence-electron chi connectivity index (χ1n) is 6.59. The van der Waals surface area contributed by atoms with Crippen molar-refractivity contribution in [3.63, 3.8) is 0 Å². The molecule has 2 atom stereocenters. The highest BCUT2D eigenvalue weighted by Crippen LogP contribution is 2.30. The lowest BCUT2D eigenvalue weighted by Gasteiger charge is -2.30. The van der Waals surface area contributed by atoms with Crippen molar-refractivity contribution >= 4 is 33.2 Å². The van der Waals surface area contributed by atoms with Crippen LogP contribution in [0.25, 0.3) is 0 Å². The SMILES string of the molecule is Cc1cscc1C(=O)NCC1CCCCC1CBr. The average molecular weight is 330 g/mol. The summed E-state index contributed by atoms with van der Waals surface area (Å²) in [5.41, 5.74) is 1.92. The van der Waals surface area contributed by atoms with Crippen molar-refractivity contribution in [2.75, 3.05) is 11.9 Å². The molecule has 0 bridgehead atoms. The third kappa shape index (κ3) is 3.35. The lowest BCUT2D eigenvalue weighted by Crippen LogP contribution is -2.34. The molecule has 0 saturated heterocycles. The van der Waals surface area contributed by atoms with Gasteiger partial charge in [-0.15, -0.1) is 0 Å². The molecule has 1 saturated carbocycles. The number of carbonyl (C=O) groups is 1. The van der Waals surface area contributed by atoms with E-state index in [0.29, 0.717) is 5.92 Å². The van der Waals surface area contributed by atoms with Gasteiger partial charge in [0.15, 0.2) is 0 Å². The molecule has 0 radical (unpaired) electrons. The number of carbonyl (C=O) groups excluding carboxylic acids is 1. The molecule has 0 aromatic carbocycles. The summed E-state index contributed by atoms with van der Waals surface area (Å²) in [5, 5.41) is 8.13. The van der Waals surface area contributed by atoms with Crippen LogP contribution in [-0.4, -0.2) is 17.8 Å². The molecule has 1 heterocycles. The first-order chi connectivity index (χ1) is 8.72. The Hall–Kier alpha value is -0.350. The van der Waals surface area contributed by atoms with Crippen LogP contribution in [0.5, 0.6) is 0 Å². The Balaban J connectivity index is 1.87. The number of hydrogen-bond acceptors (Lipinski definition) is 2. The molecule has 18 heavy (non-hydrogen) atoms. The van der Waals surface area contributed by atoms with Crippen LogP contribution in [0.2, 0.25) is 0 Å². The largest absolute Gasteiger partial charge is 0.352 e. The summed E-state index contributed by atoms with van der Waals surface area (Å²) in [6, 6.07) is 0. The Bertz CT molecular complexity index is 404. The summed E-state index contributed by atoms with van der Waals surface area (Å²) in [6.45, 7) is 2.82. The molecule has 1 aliphatic carbocycles. The maximum Gasteiger partial charge on any atom is 0.252 e. The highest BCUT2D eigenvalue weighted by Gasteiger charge is 2.24. The molecule has 2 rings (SSSR count). The minimum absolute atomic E-state index is 0.0904. The molecule has 1 fully saturated rings. The van der Waals surface area contributed by atoms with Crippen LogP contribution in [0.1, 0.15) is 41.6 Å². The fourth-order valence-corrected chi connectivity index (χ4v) is 4.35. The Morgan fingerprint density at radius 1 is 1.39 bits per heavy atom. The molecule has 1 aromatic rings. The number of halogens is 1. The molecule has 100 valence electrons. The van der Waals surface area contributed by atoms with Crippen molar-refractivity contribution in [3.05, 3.63) is 21.9 Å². The second-order valence-corrected chi connectivity index (χ2v) is 6.53. The molecule has 2 nitrogen and oxygen atoms in total. The van der Waals surface area contributed by atoms with Crippen LogP contribution >= 0.6 is 27.3 Å². The summed E-state index contributed by atoms with van der Waals surface area (Å²) < 4.78 is 0. The van der Waals surface area contributed by atoms with Crippen LogP contribution < -0.4 is 5.32 Å². The fourth-order valence-electron chi connectivity index (χ4n) is 2.67. The van der Waals surface area contributed by atoms with Crippen molar-refractivity contribution < 1.29 is 4.79 Å². The number of nitrogens with one attached hydrogen (secondary N) is 1. The second kappa shape index (κ2) is 6.71. The normalized spacial score (nSPS) is 23.9. The van der Waals surface area contributed by atoms with E-state index >= 15 is 0 Å². The Labute approximate surface area is 121 Å². The van der Waals surface area contributed by atoms with Crippen molar-refractivity contribution in [3.8, 4) is 0 Å². The Kier molecular flexibility index (Phi) is 5.25. The van der Waals surface area contributed by atoms with Crippen LogP contribution in [0.15, 0.2) is 10.8 Å². The molecule has 0 spiro atoms. The van der Waals surface area contributed by atoms with E-state index in [2.05, 4.69) is 21.2 Å². The van der Waals surface area contributed by atoms with Crippen LogP contribution in [0, 0.1) is 18.8 Å². The number of amides is 1. The summed E-state index contributed by atoms with van der Waals surface area (Å²) in [4.78, 5) is 12.0. The van der Waals surface area contributed by atoms with Gasteiger partial charge in [-0.25, -0.2) is 0 Å². The van der Waals surface area contributed by atoms with Crippen molar-refractivity contribution in [1.29, 1.82) is 0 Å². The van der Waals surface area contributed by atoms with Crippen molar-refractivity contribution in [2.24, 2.45) is 11.8 Å². The molecule has 1 N–H and O–H groups in total.